The minimum atomic E-state index is -1.12. The van der Waals surface area contributed by atoms with Crippen LogP contribution >= 0.6 is 0 Å². The SMILES string of the molecule is CC(C)CCOc1ccc(C(=O)N[C@H](Cc2ccc(O)cc2)C(=O)O)cc1. The molecule has 144 valence electrons. The predicted octanol–water partition coefficient (Wildman–Crippen LogP) is 3.24. The number of nitrogens with one attached hydrogen (secondary N) is 1. The maximum absolute atomic E-state index is 12.4. The van der Waals surface area contributed by atoms with Crippen molar-refractivity contribution in [3.05, 3.63) is 59.7 Å². The molecule has 0 spiro atoms. The van der Waals surface area contributed by atoms with E-state index in [4.69, 9.17) is 4.74 Å². The first-order chi connectivity index (χ1) is 12.8. The van der Waals surface area contributed by atoms with E-state index in [1.165, 1.54) is 12.1 Å². The average Bonchev–Trinajstić information content (AvgIpc) is 2.63. The highest BCUT2D eigenvalue weighted by atomic mass is 16.5. The van der Waals surface area contributed by atoms with Gasteiger partial charge < -0.3 is 20.3 Å². The van der Waals surface area contributed by atoms with Gasteiger partial charge in [-0.2, -0.15) is 0 Å². The van der Waals surface area contributed by atoms with Crippen molar-refractivity contribution in [3.8, 4) is 11.5 Å². The molecule has 0 heterocycles. The van der Waals surface area contributed by atoms with Gasteiger partial charge in [-0.05, 0) is 54.3 Å². The summed E-state index contributed by atoms with van der Waals surface area (Å²) < 4.78 is 5.61. The van der Waals surface area contributed by atoms with Crippen molar-refractivity contribution in [3.63, 3.8) is 0 Å². The lowest BCUT2D eigenvalue weighted by Crippen LogP contribution is -2.42. The van der Waals surface area contributed by atoms with Gasteiger partial charge in [0.25, 0.3) is 5.91 Å². The summed E-state index contributed by atoms with van der Waals surface area (Å²) in [4.78, 5) is 23.8. The van der Waals surface area contributed by atoms with E-state index in [2.05, 4.69) is 19.2 Å². The molecule has 2 aromatic carbocycles. The number of aromatic hydroxyl groups is 1. The fourth-order valence-electron chi connectivity index (χ4n) is 2.42. The normalized spacial score (nSPS) is 11.8. The zero-order valence-corrected chi connectivity index (χ0v) is 15.5. The Labute approximate surface area is 158 Å². The van der Waals surface area contributed by atoms with Gasteiger partial charge in [0.15, 0.2) is 0 Å². The lowest BCUT2D eigenvalue weighted by molar-refractivity contribution is -0.139. The van der Waals surface area contributed by atoms with Crippen molar-refractivity contribution in [2.45, 2.75) is 32.7 Å². The highest BCUT2D eigenvalue weighted by Crippen LogP contribution is 2.15. The number of carboxylic acids is 1. The first kappa shape index (κ1) is 20.3. The van der Waals surface area contributed by atoms with E-state index in [-0.39, 0.29) is 12.2 Å². The van der Waals surface area contributed by atoms with Crippen LogP contribution in [-0.2, 0) is 11.2 Å². The van der Waals surface area contributed by atoms with E-state index in [0.717, 1.165) is 6.42 Å². The van der Waals surface area contributed by atoms with Crippen LogP contribution in [0.2, 0.25) is 0 Å². The lowest BCUT2D eigenvalue weighted by Gasteiger charge is -2.15. The van der Waals surface area contributed by atoms with Gasteiger partial charge in [0.2, 0.25) is 0 Å². The summed E-state index contributed by atoms with van der Waals surface area (Å²) in [6, 6.07) is 11.8. The standard InChI is InChI=1S/C21H25NO5/c1-14(2)11-12-27-18-9-5-16(6-10-18)20(24)22-19(21(25)26)13-15-3-7-17(23)8-4-15/h3-10,14,19,23H,11-13H2,1-2H3,(H,22,24)(H,25,26)/t19-/m1/s1. The Bertz CT molecular complexity index is 753. The summed E-state index contributed by atoms with van der Waals surface area (Å²) in [6.45, 7) is 4.85. The van der Waals surface area contributed by atoms with Gasteiger partial charge in [0.05, 0.1) is 6.61 Å². The molecule has 27 heavy (non-hydrogen) atoms. The fraction of sp³-hybridized carbons (Fsp3) is 0.333. The van der Waals surface area contributed by atoms with Crippen LogP contribution in [-0.4, -0.2) is 34.7 Å². The molecule has 0 bridgehead atoms. The van der Waals surface area contributed by atoms with E-state index in [1.54, 1.807) is 36.4 Å². The van der Waals surface area contributed by atoms with Crippen molar-refractivity contribution in [2.24, 2.45) is 5.92 Å². The second kappa shape index (κ2) is 9.62. The molecule has 0 aliphatic carbocycles. The fourth-order valence-corrected chi connectivity index (χ4v) is 2.42. The van der Waals surface area contributed by atoms with Gasteiger partial charge in [-0.1, -0.05) is 26.0 Å². The van der Waals surface area contributed by atoms with Crippen molar-refractivity contribution >= 4 is 11.9 Å². The third-order valence-electron chi connectivity index (χ3n) is 4.06. The molecule has 3 N–H and O–H groups in total. The molecule has 6 nitrogen and oxygen atoms in total. The average molecular weight is 371 g/mol. The summed E-state index contributed by atoms with van der Waals surface area (Å²) in [7, 11) is 0. The van der Waals surface area contributed by atoms with Crippen LogP contribution in [0.3, 0.4) is 0 Å². The summed E-state index contributed by atoms with van der Waals surface area (Å²) in [5.74, 6) is -0.256. The molecule has 2 aromatic rings. The molecule has 0 aliphatic heterocycles. The lowest BCUT2D eigenvalue weighted by atomic mass is 10.1. The van der Waals surface area contributed by atoms with E-state index in [1.807, 2.05) is 0 Å². The highest BCUT2D eigenvalue weighted by Gasteiger charge is 2.21. The summed E-state index contributed by atoms with van der Waals surface area (Å²) in [6.07, 6.45) is 1.07. The molecule has 0 unspecified atom stereocenters. The van der Waals surface area contributed by atoms with Crippen LogP contribution in [0.15, 0.2) is 48.5 Å². The number of carbonyl (C=O) groups excluding carboxylic acids is 1. The molecule has 0 fully saturated rings. The Morgan fingerprint density at radius 2 is 1.67 bits per heavy atom. The minimum Gasteiger partial charge on any atom is -0.508 e. The number of amides is 1. The first-order valence-electron chi connectivity index (χ1n) is 8.89. The van der Waals surface area contributed by atoms with Crippen LogP contribution in [0.1, 0.15) is 36.2 Å². The van der Waals surface area contributed by atoms with Crippen molar-refractivity contribution in [1.29, 1.82) is 0 Å². The Kier molecular flexibility index (Phi) is 7.23. The topological polar surface area (TPSA) is 95.9 Å². The van der Waals surface area contributed by atoms with Crippen molar-refractivity contribution in [2.75, 3.05) is 6.61 Å². The monoisotopic (exact) mass is 371 g/mol. The number of carbonyl (C=O) groups is 2. The summed E-state index contributed by atoms with van der Waals surface area (Å²) in [5.41, 5.74) is 1.07. The Morgan fingerprint density at radius 1 is 1.04 bits per heavy atom. The van der Waals surface area contributed by atoms with Gasteiger partial charge in [-0.15, -0.1) is 0 Å². The predicted molar refractivity (Wildman–Crippen MR) is 102 cm³/mol. The van der Waals surface area contributed by atoms with Crippen LogP contribution in [0.25, 0.3) is 0 Å². The van der Waals surface area contributed by atoms with E-state index in [9.17, 15) is 19.8 Å². The van der Waals surface area contributed by atoms with Gasteiger partial charge in [0, 0.05) is 12.0 Å². The van der Waals surface area contributed by atoms with Crippen LogP contribution < -0.4 is 10.1 Å². The molecule has 0 saturated heterocycles. The molecular formula is C21H25NO5. The number of hydrogen-bond acceptors (Lipinski definition) is 4. The maximum Gasteiger partial charge on any atom is 0.326 e. The minimum absolute atomic E-state index is 0.102. The Balaban J connectivity index is 1.96. The van der Waals surface area contributed by atoms with E-state index in [0.29, 0.717) is 29.4 Å². The number of aliphatic carboxylic acids is 1. The number of rotatable bonds is 9. The molecule has 0 radical (unpaired) electrons. The smallest absolute Gasteiger partial charge is 0.326 e. The van der Waals surface area contributed by atoms with Crippen molar-refractivity contribution < 1.29 is 24.5 Å². The quantitative estimate of drug-likeness (QED) is 0.629. The highest BCUT2D eigenvalue weighted by molar-refractivity contribution is 5.96. The van der Waals surface area contributed by atoms with Crippen LogP contribution in [0.4, 0.5) is 0 Å². The number of phenolic OH excluding ortho intramolecular Hbond substituents is 1. The largest absolute Gasteiger partial charge is 0.508 e. The molecule has 2 rings (SSSR count). The second-order valence-electron chi connectivity index (χ2n) is 6.79. The van der Waals surface area contributed by atoms with Gasteiger partial charge in [-0.3, -0.25) is 4.79 Å². The number of benzene rings is 2. The number of carboxylic acid groups (broad SMARTS) is 1. The summed E-state index contributed by atoms with van der Waals surface area (Å²) in [5, 5.41) is 21.2. The van der Waals surface area contributed by atoms with E-state index >= 15 is 0 Å². The Hall–Kier alpha value is -3.02. The third kappa shape index (κ3) is 6.66. The molecule has 0 aromatic heterocycles. The zero-order valence-electron chi connectivity index (χ0n) is 15.5. The van der Waals surface area contributed by atoms with Crippen LogP contribution in [0, 0.1) is 5.92 Å². The second-order valence-corrected chi connectivity index (χ2v) is 6.79. The van der Waals surface area contributed by atoms with Gasteiger partial charge >= 0.3 is 5.97 Å². The van der Waals surface area contributed by atoms with Gasteiger partial charge in [0.1, 0.15) is 17.5 Å². The first-order valence-corrected chi connectivity index (χ1v) is 8.89. The van der Waals surface area contributed by atoms with Crippen LogP contribution in [0.5, 0.6) is 11.5 Å². The zero-order chi connectivity index (χ0) is 19.8. The number of ether oxygens (including phenoxy) is 1. The molecule has 1 atom stereocenters. The number of phenols is 1. The molecule has 1 amide bonds. The van der Waals surface area contributed by atoms with Crippen molar-refractivity contribution in [1.82, 2.24) is 5.32 Å². The molecule has 0 aliphatic rings. The summed E-state index contributed by atoms with van der Waals surface area (Å²) >= 11 is 0. The maximum atomic E-state index is 12.4. The van der Waals surface area contributed by atoms with E-state index < -0.39 is 17.9 Å². The molecule has 0 saturated carbocycles. The number of hydrogen-bond donors (Lipinski definition) is 3. The van der Waals surface area contributed by atoms with Gasteiger partial charge in [-0.25, -0.2) is 4.79 Å². The third-order valence-corrected chi connectivity index (χ3v) is 4.06. The molecular weight excluding hydrogens is 346 g/mol. The molecule has 6 heteroatoms. The Morgan fingerprint density at radius 3 is 2.22 bits per heavy atom.